The first-order valence-electron chi connectivity index (χ1n) is 6.82. The van der Waals surface area contributed by atoms with Crippen LogP contribution in [-0.4, -0.2) is 18.8 Å². The Bertz CT molecular complexity index is 631. The number of esters is 1. The summed E-state index contributed by atoms with van der Waals surface area (Å²) in [6.07, 6.45) is 3.38. The number of carbonyl (C=O) groups is 1. The summed E-state index contributed by atoms with van der Waals surface area (Å²) in [6, 6.07) is 19.2. The van der Waals surface area contributed by atoms with Gasteiger partial charge in [0.25, 0.3) is 0 Å². The van der Waals surface area contributed by atoms with Crippen molar-refractivity contribution in [1.29, 1.82) is 0 Å². The van der Waals surface area contributed by atoms with E-state index in [9.17, 15) is 4.79 Å². The molecule has 3 heteroatoms. The van der Waals surface area contributed by atoms with Gasteiger partial charge in [-0.15, -0.1) is 0 Å². The lowest BCUT2D eigenvalue weighted by molar-refractivity contribution is -0.138. The van der Waals surface area contributed by atoms with E-state index in [2.05, 4.69) is 4.99 Å². The molecule has 0 radical (unpaired) electrons. The fourth-order valence-corrected chi connectivity index (χ4v) is 1.74. The van der Waals surface area contributed by atoms with Crippen molar-refractivity contribution in [2.45, 2.75) is 6.92 Å². The molecule has 0 atom stereocenters. The molecule has 2 aromatic rings. The van der Waals surface area contributed by atoms with E-state index in [0.717, 1.165) is 11.1 Å². The number of carbonyl (C=O) groups excluding carboxylic acids is 1. The van der Waals surface area contributed by atoms with Crippen LogP contribution in [0.1, 0.15) is 18.1 Å². The fraction of sp³-hybridized carbons (Fsp3) is 0.111. The number of rotatable bonds is 5. The van der Waals surface area contributed by atoms with Gasteiger partial charge >= 0.3 is 5.97 Å². The zero-order chi connectivity index (χ0) is 14.9. The molecule has 2 aromatic carbocycles. The average molecular weight is 279 g/mol. The van der Waals surface area contributed by atoms with Gasteiger partial charge in [-0.3, -0.25) is 0 Å². The molecule has 0 aliphatic rings. The van der Waals surface area contributed by atoms with E-state index in [4.69, 9.17) is 4.74 Å². The molecule has 0 unspecified atom stereocenters. The third-order valence-corrected chi connectivity index (χ3v) is 2.74. The largest absolute Gasteiger partial charge is 0.461 e. The van der Waals surface area contributed by atoms with Gasteiger partial charge in [0.2, 0.25) is 0 Å². The maximum absolute atomic E-state index is 12.0. The third-order valence-electron chi connectivity index (χ3n) is 2.74. The quantitative estimate of drug-likeness (QED) is 0.475. The predicted octanol–water partition coefficient (Wildman–Crippen LogP) is 3.71. The van der Waals surface area contributed by atoms with Gasteiger partial charge in [0, 0.05) is 6.21 Å². The Kier molecular flexibility index (Phi) is 5.47. The highest BCUT2D eigenvalue weighted by Crippen LogP contribution is 2.10. The molecule has 2 rings (SSSR count). The van der Waals surface area contributed by atoms with E-state index in [0.29, 0.717) is 6.61 Å². The Hall–Kier alpha value is -2.68. The predicted molar refractivity (Wildman–Crippen MR) is 85.1 cm³/mol. The van der Waals surface area contributed by atoms with Gasteiger partial charge in [0.15, 0.2) is 0 Å². The van der Waals surface area contributed by atoms with Crippen LogP contribution >= 0.6 is 0 Å². The minimum Gasteiger partial charge on any atom is -0.461 e. The van der Waals surface area contributed by atoms with Gasteiger partial charge in [-0.1, -0.05) is 60.7 Å². The number of aliphatic imine (C=N–C) groups is 1. The van der Waals surface area contributed by atoms with Crippen molar-refractivity contribution in [2.75, 3.05) is 6.61 Å². The SMILES string of the molecule is CCOC(=O)C(=Cc1ccccc1)N=Cc1ccccc1. The highest BCUT2D eigenvalue weighted by atomic mass is 16.5. The molecule has 21 heavy (non-hydrogen) atoms. The highest BCUT2D eigenvalue weighted by molar-refractivity contribution is 5.96. The molecule has 0 spiro atoms. The average Bonchev–Trinajstić information content (AvgIpc) is 2.53. The molecule has 0 saturated heterocycles. The zero-order valence-corrected chi connectivity index (χ0v) is 11.9. The lowest BCUT2D eigenvalue weighted by atomic mass is 10.2. The van der Waals surface area contributed by atoms with Crippen LogP contribution in [-0.2, 0) is 9.53 Å². The van der Waals surface area contributed by atoms with E-state index in [1.807, 2.05) is 60.7 Å². The Morgan fingerprint density at radius 1 is 1.00 bits per heavy atom. The molecule has 3 nitrogen and oxygen atoms in total. The number of nitrogens with zero attached hydrogens (tertiary/aromatic N) is 1. The lowest BCUT2D eigenvalue weighted by Gasteiger charge is -2.02. The van der Waals surface area contributed by atoms with Crippen LogP contribution in [0.3, 0.4) is 0 Å². The standard InChI is InChI=1S/C18H17NO2/c1-2-21-18(20)17(13-15-9-5-3-6-10-15)19-14-16-11-7-4-8-12-16/h3-14H,2H2,1H3. The first-order valence-corrected chi connectivity index (χ1v) is 6.82. The van der Waals surface area contributed by atoms with E-state index in [1.165, 1.54) is 0 Å². The van der Waals surface area contributed by atoms with Crippen molar-refractivity contribution in [1.82, 2.24) is 0 Å². The molecule has 0 aromatic heterocycles. The first kappa shape index (κ1) is 14.7. The first-order chi connectivity index (χ1) is 10.3. The normalized spacial score (nSPS) is 11.6. The summed E-state index contributed by atoms with van der Waals surface area (Å²) >= 11 is 0. The van der Waals surface area contributed by atoms with Crippen molar-refractivity contribution >= 4 is 18.3 Å². The lowest BCUT2D eigenvalue weighted by Crippen LogP contribution is -2.06. The molecule has 0 aliphatic carbocycles. The van der Waals surface area contributed by atoms with Gasteiger partial charge in [-0.25, -0.2) is 9.79 Å². The van der Waals surface area contributed by atoms with Gasteiger partial charge in [-0.05, 0) is 24.1 Å². The second-order valence-corrected chi connectivity index (χ2v) is 4.33. The van der Waals surface area contributed by atoms with Crippen LogP contribution in [0, 0.1) is 0 Å². The van der Waals surface area contributed by atoms with Gasteiger partial charge in [0.05, 0.1) is 6.61 Å². The second-order valence-electron chi connectivity index (χ2n) is 4.33. The maximum atomic E-state index is 12.0. The zero-order valence-electron chi connectivity index (χ0n) is 11.9. The van der Waals surface area contributed by atoms with Crippen LogP contribution in [0.2, 0.25) is 0 Å². The van der Waals surface area contributed by atoms with E-state index < -0.39 is 5.97 Å². The van der Waals surface area contributed by atoms with E-state index in [1.54, 1.807) is 19.2 Å². The van der Waals surface area contributed by atoms with Crippen molar-refractivity contribution in [3.05, 3.63) is 77.5 Å². The monoisotopic (exact) mass is 279 g/mol. The molecule has 0 N–H and O–H groups in total. The van der Waals surface area contributed by atoms with Gasteiger partial charge in [-0.2, -0.15) is 0 Å². The molecular formula is C18H17NO2. The summed E-state index contributed by atoms with van der Waals surface area (Å²) < 4.78 is 5.04. The minimum absolute atomic E-state index is 0.284. The van der Waals surface area contributed by atoms with Crippen molar-refractivity contribution in [2.24, 2.45) is 4.99 Å². The summed E-state index contributed by atoms with van der Waals surface area (Å²) in [5.74, 6) is -0.423. The molecule has 0 amide bonds. The number of hydrogen-bond acceptors (Lipinski definition) is 3. The molecular weight excluding hydrogens is 262 g/mol. The van der Waals surface area contributed by atoms with Gasteiger partial charge in [0.1, 0.15) is 5.70 Å². The van der Waals surface area contributed by atoms with Crippen LogP contribution in [0.4, 0.5) is 0 Å². The minimum atomic E-state index is -0.423. The van der Waals surface area contributed by atoms with Crippen molar-refractivity contribution in [3.8, 4) is 0 Å². The van der Waals surface area contributed by atoms with E-state index in [-0.39, 0.29) is 5.70 Å². The highest BCUT2D eigenvalue weighted by Gasteiger charge is 2.08. The molecule has 0 heterocycles. The third kappa shape index (κ3) is 4.73. The maximum Gasteiger partial charge on any atom is 0.356 e. The Morgan fingerprint density at radius 2 is 1.57 bits per heavy atom. The van der Waals surface area contributed by atoms with Crippen LogP contribution in [0.15, 0.2) is 71.4 Å². The van der Waals surface area contributed by atoms with E-state index >= 15 is 0 Å². The summed E-state index contributed by atoms with van der Waals surface area (Å²) in [7, 11) is 0. The van der Waals surface area contributed by atoms with Crippen molar-refractivity contribution in [3.63, 3.8) is 0 Å². The number of benzene rings is 2. The van der Waals surface area contributed by atoms with Crippen LogP contribution in [0.25, 0.3) is 6.08 Å². The summed E-state index contributed by atoms with van der Waals surface area (Å²) in [5.41, 5.74) is 2.12. The molecule has 0 saturated carbocycles. The second kappa shape index (κ2) is 7.80. The Balaban J connectivity index is 2.26. The molecule has 106 valence electrons. The summed E-state index contributed by atoms with van der Waals surface area (Å²) in [5, 5.41) is 0. The van der Waals surface area contributed by atoms with Crippen LogP contribution in [0.5, 0.6) is 0 Å². The molecule has 0 fully saturated rings. The topological polar surface area (TPSA) is 38.7 Å². The summed E-state index contributed by atoms with van der Waals surface area (Å²) in [4.78, 5) is 16.2. The van der Waals surface area contributed by atoms with Gasteiger partial charge < -0.3 is 4.74 Å². The number of hydrogen-bond donors (Lipinski definition) is 0. The summed E-state index contributed by atoms with van der Waals surface area (Å²) in [6.45, 7) is 2.10. The smallest absolute Gasteiger partial charge is 0.356 e. The van der Waals surface area contributed by atoms with Crippen molar-refractivity contribution < 1.29 is 9.53 Å². The van der Waals surface area contributed by atoms with Crippen LogP contribution < -0.4 is 0 Å². The Morgan fingerprint density at radius 3 is 2.14 bits per heavy atom. The fourth-order valence-electron chi connectivity index (χ4n) is 1.74. The molecule has 0 aliphatic heterocycles. The number of ether oxygens (including phenoxy) is 1. The molecule has 0 bridgehead atoms. The Labute approximate surface area is 124 Å².